The second-order valence-corrected chi connectivity index (χ2v) is 7.00. The van der Waals surface area contributed by atoms with Gasteiger partial charge < -0.3 is 9.55 Å². The number of aromatic amines is 1. The second kappa shape index (κ2) is 5.14. The Balaban J connectivity index is 2.26. The SMILES string of the molecule is Cc1cc(C(C)n2c(=S)[nH]c3c(C#N)cccc32)c(C)s1. The van der Waals surface area contributed by atoms with Crippen molar-refractivity contribution in [2.45, 2.75) is 26.8 Å². The summed E-state index contributed by atoms with van der Waals surface area (Å²) in [5.41, 5.74) is 3.72. The molecule has 1 aromatic carbocycles. The lowest BCUT2D eigenvalue weighted by atomic mass is 10.1. The minimum Gasteiger partial charge on any atom is -0.329 e. The second-order valence-electron chi connectivity index (χ2n) is 5.16. The number of fused-ring (bicyclic) bond motifs is 1. The first-order valence-corrected chi connectivity index (χ1v) is 7.95. The van der Waals surface area contributed by atoms with Crippen LogP contribution in [0.25, 0.3) is 11.0 Å². The van der Waals surface area contributed by atoms with Gasteiger partial charge in [0.15, 0.2) is 4.77 Å². The first-order valence-electron chi connectivity index (χ1n) is 6.73. The quantitative estimate of drug-likeness (QED) is 0.687. The van der Waals surface area contributed by atoms with E-state index in [1.165, 1.54) is 15.3 Å². The molecule has 0 aliphatic carbocycles. The summed E-state index contributed by atoms with van der Waals surface area (Å²) < 4.78 is 2.75. The van der Waals surface area contributed by atoms with Crippen molar-refractivity contribution in [3.63, 3.8) is 0 Å². The van der Waals surface area contributed by atoms with Crippen molar-refractivity contribution in [1.82, 2.24) is 9.55 Å². The first-order chi connectivity index (χ1) is 10.0. The topological polar surface area (TPSA) is 44.5 Å². The predicted molar refractivity (Wildman–Crippen MR) is 89.4 cm³/mol. The lowest BCUT2D eigenvalue weighted by Gasteiger charge is -2.14. The van der Waals surface area contributed by atoms with Gasteiger partial charge in [-0.3, -0.25) is 0 Å². The maximum atomic E-state index is 9.23. The standard InChI is InChI=1S/C16H15N3S2/c1-9-7-13(11(3)21-9)10(2)19-14-6-4-5-12(8-17)15(14)18-16(19)20/h4-7,10H,1-3H3,(H,18,20). The third-order valence-corrected chi connectivity index (χ3v) is 5.07. The number of thiophene rings is 1. The summed E-state index contributed by atoms with van der Waals surface area (Å²) in [6.45, 7) is 6.41. The molecule has 106 valence electrons. The van der Waals surface area contributed by atoms with E-state index in [0.29, 0.717) is 10.3 Å². The van der Waals surface area contributed by atoms with E-state index in [0.717, 1.165) is 11.0 Å². The van der Waals surface area contributed by atoms with Crippen LogP contribution in [0.4, 0.5) is 0 Å². The largest absolute Gasteiger partial charge is 0.329 e. The number of nitrogens with zero attached hydrogens (tertiary/aromatic N) is 2. The summed E-state index contributed by atoms with van der Waals surface area (Å²) in [6.07, 6.45) is 0. The fraction of sp³-hybridized carbons (Fsp3) is 0.250. The molecule has 0 bridgehead atoms. The van der Waals surface area contributed by atoms with Gasteiger partial charge in [0.1, 0.15) is 6.07 Å². The zero-order valence-corrected chi connectivity index (χ0v) is 13.7. The molecule has 3 rings (SSSR count). The first kappa shape index (κ1) is 14.1. The van der Waals surface area contributed by atoms with Crippen LogP contribution in [-0.4, -0.2) is 9.55 Å². The van der Waals surface area contributed by atoms with Crippen LogP contribution in [-0.2, 0) is 0 Å². The van der Waals surface area contributed by atoms with Crippen molar-refractivity contribution >= 4 is 34.6 Å². The molecule has 0 saturated heterocycles. The summed E-state index contributed by atoms with van der Waals surface area (Å²) in [4.78, 5) is 5.80. The number of benzene rings is 1. The van der Waals surface area contributed by atoms with Crippen molar-refractivity contribution in [3.8, 4) is 6.07 Å². The van der Waals surface area contributed by atoms with Crippen LogP contribution < -0.4 is 0 Å². The van der Waals surface area contributed by atoms with Crippen LogP contribution in [0, 0.1) is 29.9 Å². The van der Waals surface area contributed by atoms with Gasteiger partial charge in [0.05, 0.1) is 22.6 Å². The zero-order valence-electron chi connectivity index (χ0n) is 12.1. The van der Waals surface area contributed by atoms with E-state index in [1.807, 2.05) is 18.2 Å². The van der Waals surface area contributed by atoms with Crippen LogP contribution in [0.15, 0.2) is 24.3 Å². The van der Waals surface area contributed by atoms with Gasteiger partial charge in [-0.15, -0.1) is 11.3 Å². The number of imidazole rings is 1. The smallest absolute Gasteiger partial charge is 0.178 e. The Labute approximate surface area is 132 Å². The van der Waals surface area contributed by atoms with Gasteiger partial charge in [-0.25, -0.2) is 0 Å². The Kier molecular flexibility index (Phi) is 3.44. The van der Waals surface area contributed by atoms with E-state index in [4.69, 9.17) is 12.2 Å². The summed E-state index contributed by atoms with van der Waals surface area (Å²) >= 11 is 7.29. The van der Waals surface area contributed by atoms with Crippen LogP contribution in [0.3, 0.4) is 0 Å². The summed E-state index contributed by atoms with van der Waals surface area (Å²) in [7, 11) is 0. The highest BCUT2D eigenvalue weighted by molar-refractivity contribution is 7.71. The number of hydrogen-bond donors (Lipinski definition) is 1. The molecular weight excluding hydrogens is 298 g/mol. The molecule has 3 aromatic rings. The van der Waals surface area contributed by atoms with Crippen LogP contribution in [0.1, 0.15) is 33.8 Å². The summed E-state index contributed by atoms with van der Waals surface area (Å²) in [6, 6.07) is 10.3. The lowest BCUT2D eigenvalue weighted by Crippen LogP contribution is -2.07. The van der Waals surface area contributed by atoms with Gasteiger partial charge in [0.25, 0.3) is 0 Å². The van der Waals surface area contributed by atoms with E-state index in [9.17, 15) is 5.26 Å². The molecule has 0 amide bonds. The number of para-hydroxylation sites is 1. The molecule has 0 saturated carbocycles. The monoisotopic (exact) mass is 313 g/mol. The number of rotatable bonds is 2. The Morgan fingerprint density at radius 3 is 2.76 bits per heavy atom. The van der Waals surface area contributed by atoms with Crippen molar-refractivity contribution in [2.75, 3.05) is 0 Å². The predicted octanol–water partition coefficient (Wildman–Crippen LogP) is 4.86. The molecule has 2 heterocycles. The summed E-state index contributed by atoms with van der Waals surface area (Å²) in [5, 5.41) is 9.23. The van der Waals surface area contributed by atoms with Gasteiger partial charge in [-0.1, -0.05) is 6.07 Å². The highest BCUT2D eigenvalue weighted by Crippen LogP contribution is 2.31. The number of aromatic nitrogens is 2. The molecule has 2 aromatic heterocycles. The number of nitrogens with one attached hydrogen (secondary N) is 1. The maximum absolute atomic E-state index is 9.23. The minimum absolute atomic E-state index is 0.144. The van der Waals surface area contributed by atoms with E-state index >= 15 is 0 Å². The van der Waals surface area contributed by atoms with Crippen molar-refractivity contribution in [3.05, 3.63) is 49.9 Å². The highest BCUT2D eigenvalue weighted by atomic mass is 32.1. The van der Waals surface area contributed by atoms with Gasteiger partial charge in [0, 0.05) is 9.75 Å². The van der Waals surface area contributed by atoms with Gasteiger partial charge >= 0.3 is 0 Å². The lowest BCUT2D eigenvalue weighted by molar-refractivity contribution is 0.648. The van der Waals surface area contributed by atoms with Crippen molar-refractivity contribution in [2.24, 2.45) is 0 Å². The fourth-order valence-corrected chi connectivity index (χ4v) is 4.21. The molecule has 0 aliphatic heterocycles. The normalized spacial score (nSPS) is 12.5. The average Bonchev–Trinajstić information content (AvgIpc) is 2.96. The summed E-state index contributed by atoms with van der Waals surface area (Å²) in [5.74, 6) is 0. The minimum atomic E-state index is 0.144. The maximum Gasteiger partial charge on any atom is 0.178 e. The fourth-order valence-electron chi connectivity index (χ4n) is 2.83. The highest BCUT2D eigenvalue weighted by Gasteiger charge is 2.17. The van der Waals surface area contributed by atoms with Crippen LogP contribution in [0.5, 0.6) is 0 Å². The third kappa shape index (κ3) is 2.21. The number of H-pyrrole nitrogens is 1. The number of aryl methyl sites for hydroxylation is 2. The Hall–Kier alpha value is -1.90. The van der Waals surface area contributed by atoms with Gasteiger partial charge in [-0.05, 0) is 56.8 Å². The Morgan fingerprint density at radius 1 is 1.38 bits per heavy atom. The zero-order chi connectivity index (χ0) is 15.1. The van der Waals surface area contributed by atoms with Crippen molar-refractivity contribution in [1.29, 1.82) is 5.26 Å². The molecule has 1 unspecified atom stereocenters. The molecule has 0 fully saturated rings. The Morgan fingerprint density at radius 2 is 2.14 bits per heavy atom. The molecule has 0 aliphatic rings. The van der Waals surface area contributed by atoms with Crippen LogP contribution in [0.2, 0.25) is 0 Å². The van der Waals surface area contributed by atoms with Gasteiger partial charge in [0.2, 0.25) is 0 Å². The molecule has 0 spiro atoms. The van der Waals surface area contributed by atoms with E-state index < -0.39 is 0 Å². The van der Waals surface area contributed by atoms with Gasteiger partial charge in [-0.2, -0.15) is 5.26 Å². The molecule has 5 heteroatoms. The number of hydrogen-bond acceptors (Lipinski definition) is 3. The third-order valence-electron chi connectivity index (χ3n) is 3.79. The van der Waals surface area contributed by atoms with Crippen molar-refractivity contribution < 1.29 is 0 Å². The molecule has 3 nitrogen and oxygen atoms in total. The molecule has 0 radical (unpaired) electrons. The number of nitriles is 1. The van der Waals surface area contributed by atoms with E-state index in [1.54, 1.807) is 11.3 Å². The molecule has 1 N–H and O–H groups in total. The molecule has 21 heavy (non-hydrogen) atoms. The van der Waals surface area contributed by atoms with Crippen LogP contribution >= 0.6 is 23.6 Å². The Bertz CT molecular complexity index is 921. The average molecular weight is 313 g/mol. The molecule has 1 atom stereocenters. The molecular formula is C16H15N3S2. The van der Waals surface area contributed by atoms with E-state index in [-0.39, 0.29) is 6.04 Å². The van der Waals surface area contributed by atoms with E-state index in [2.05, 4.69) is 42.5 Å².